The van der Waals surface area contributed by atoms with E-state index in [1.165, 1.54) is 18.2 Å². The highest BCUT2D eigenvalue weighted by molar-refractivity contribution is 6.48. The van der Waals surface area contributed by atoms with Gasteiger partial charge in [0.2, 0.25) is 0 Å². The first-order chi connectivity index (χ1) is 12.1. The number of para-hydroxylation sites is 2. The number of aromatic hydroxyl groups is 3. The predicted molar refractivity (Wildman–Crippen MR) is 98.2 cm³/mol. The summed E-state index contributed by atoms with van der Waals surface area (Å²) in [5.74, 6) is -3.23. The topological polar surface area (TPSA) is 155 Å². The molecule has 0 aliphatic rings. The summed E-state index contributed by atoms with van der Waals surface area (Å²) in [7, 11) is 0. The Kier molecular flexibility index (Phi) is 5.16. The molecule has 0 unspecified atom stereocenters. The van der Waals surface area contributed by atoms with E-state index in [-0.39, 0.29) is 28.7 Å². The molecule has 0 aliphatic heterocycles. The van der Waals surface area contributed by atoms with Crippen molar-refractivity contribution in [1.82, 2.24) is 0 Å². The minimum Gasteiger partial charge on any atom is -0.508 e. The van der Waals surface area contributed by atoms with E-state index in [4.69, 9.17) is 16.6 Å². The van der Waals surface area contributed by atoms with Crippen LogP contribution in [0.3, 0.4) is 0 Å². The highest BCUT2D eigenvalue weighted by Crippen LogP contribution is 2.35. The zero-order valence-corrected chi connectivity index (χ0v) is 14.3. The molecule has 0 aliphatic carbocycles. The van der Waals surface area contributed by atoms with Gasteiger partial charge in [0.15, 0.2) is 5.84 Å². The number of carbonyl (C=O) groups is 1. The Hall–Kier alpha value is -3.55. The number of nitrogens with zero attached hydrogens (tertiary/aromatic N) is 1. The first kappa shape index (κ1) is 18.8. The molecule has 0 radical (unpaired) electrons. The number of anilines is 1. The molecular weight excluding hydrogens is 336 g/mol. The summed E-state index contributed by atoms with van der Waals surface area (Å²) in [6.07, 6.45) is 0. The van der Waals surface area contributed by atoms with Crippen molar-refractivity contribution in [2.24, 2.45) is 5.73 Å². The van der Waals surface area contributed by atoms with Crippen molar-refractivity contribution in [1.29, 1.82) is 10.8 Å². The molecule has 8 heteroatoms. The number of amidine groups is 2. The van der Waals surface area contributed by atoms with Gasteiger partial charge in [0, 0.05) is 6.07 Å². The molecule has 8 nitrogen and oxygen atoms in total. The number of nitrogens with two attached hydrogens (primary N) is 1. The van der Waals surface area contributed by atoms with Crippen LogP contribution < -0.4 is 10.6 Å². The standard InChI is InChI=1S/C18H20N4O4/c1-9(2)10-7-11(15(25)8-14(10)24)16(19)22(17(20)18(21)26)12-5-3-4-6-13(12)23/h3-9,19-20,23-25H,1-2H3,(H2,21,26). The fourth-order valence-corrected chi connectivity index (χ4v) is 2.48. The number of phenolic OH excluding ortho intramolecular Hbond substituents is 3. The zero-order chi connectivity index (χ0) is 19.6. The van der Waals surface area contributed by atoms with E-state index in [0.29, 0.717) is 5.56 Å². The average molecular weight is 356 g/mol. The van der Waals surface area contributed by atoms with Crippen molar-refractivity contribution < 1.29 is 20.1 Å². The van der Waals surface area contributed by atoms with Crippen molar-refractivity contribution in [3.05, 3.63) is 47.5 Å². The third kappa shape index (κ3) is 3.44. The van der Waals surface area contributed by atoms with E-state index in [1.807, 2.05) is 13.8 Å². The fourth-order valence-electron chi connectivity index (χ4n) is 2.48. The Bertz CT molecular complexity index is 893. The molecule has 136 valence electrons. The summed E-state index contributed by atoms with van der Waals surface area (Å²) in [6, 6.07) is 8.33. The Morgan fingerprint density at radius 2 is 1.65 bits per heavy atom. The van der Waals surface area contributed by atoms with Gasteiger partial charge in [-0.1, -0.05) is 26.0 Å². The van der Waals surface area contributed by atoms with E-state index in [9.17, 15) is 20.1 Å². The highest BCUT2D eigenvalue weighted by atomic mass is 16.3. The molecule has 2 aromatic rings. The largest absolute Gasteiger partial charge is 0.508 e. The normalized spacial score (nSPS) is 10.6. The van der Waals surface area contributed by atoms with Crippen LogP contribution in [0.5, 0.6) is 17.2 Å². The maximum atomic E-state index is 11.6. The van der Waals surface area contributed by atoms with Crippen LogP contribution in [-0.4, -0.2) is 32.9 Å². The first-order valence-electron chi connectivity index (χ1n) is 7.76. The molecule has 0 saturated carbocycles. The fraction of sp³-hybridized carbons (Fsp3) is 0.167. The second kappa shape index (κ2) is 7.14. The number of phenols is 3. The average Bonchev–Trinajstić information content (AvgIpc) is 2.56. The number of rotatable bonds is 3. The van der Waals surface area contributed by atoms with Gasteiger partial charge >= 0.3 is 0 Å². The van der Waals surface area contributed by atoms with Crippen molar-refractivity contribution in [2.45, 2.75) is 19.8 Å². The third-order valence-corrected chi connectivity index (χ3v) is 3.83. The molecule has 1 amide bonds. The van der Waals surface area contributed by atoms with Crippen LogP contribution in [-0.2, 0) is 4.79 Å². The Morgan fingerprint density at radius 1 is 1.04 bits per heavy atom. The van der Waals surface area contributed by atoms with Crippen LogP contribution in [0.1, 0.15) is 30.9 Å². The Labute approximate surface area is 150 Å². The van der Waals surface area contributed by atoms with E-state index in [0.717, 1.165) is 11.0 Å². The van der Waals surface area contributed by atoms with Gasteiger partial charge in [-0.15, -0.1) is 0 Å². The summed E-state index contributed by atoms with van der Waals surface area (Å²) in [5.41, 5.74) is 5.63. The molecule has 0 aromatic heterocycles. The molecular formula is C18H20N4O4. The van der Waals surface area contributed by atoms with E-state index >= 15 is 0 Å². The molecule has 0 saturated heterocycles. The minimum absolute atomic E-state index is 0.0140. The van der Waals surface area contributed by atoms with Gasteiger partial charge in [0.05, 0.1) is 11.3 Å². The lowest BCUT2D eigenvalue weighted by Crippen LogP contribution is -2.44. The van der Waals surface area contributed by atoms with Crippen LogP contribution in [0.25, 0.3) is 0 Å². The second-order valence-corrected chi connectivity index (χ2v) is 5.97. The van der Waals surface area contributed by atoms with Crippen molar-refractivity contribution in [2.75, 3.05) is 4.90 Å². The quantitative estimate of drug-likeness (QED) is 0.367. The number of nitrogens with one attached hydrogen (secondary N) is 2. The van der Waals surface area contributed by atoms with Crippen molar-refractivity contribution in [3.63, 3.8) is 0 Å². The summed E-state index contributed by atoms with van der Waals surface area (Å²) >= 11 is 0. The van der Waals surface area contributed by atoms with Gasteiger partial charge < -0.3 is 21.1 Å². The van der Waals surface area contributed by atoms with Crippen LogP contribution in [0.15, 0.2) is 36.4 Å². The van der Waals surface area contributed by atoms with E-state index < -0.39 is 23.3 Å². The Morgan fingerprint density at radius 3 is 2.19 bits per heavy atom. The summed E-state index contributed by atoms with van der Waals surface area (Å²) < 4.78 is 0. The molecule has 0 heterocycles. The van der Waals surface area contributed by atoms with Gasteiger partial charge in [-0.2, -0.15) is 0 Å². The number of primary amides is 1. The molecule has 0 bridgehead atoms. The SMILES string of the molecule is CC(C)c1cc(C(=N)N(C(=N)C(N)=O)c2ccccc2O)c(O)cc1O. The maximum Gasteiger partial charge on any atom is 0.284 e. The predicted octanol–water partition coefficient (Wildman–Crippen LogP) is 2.22. The van der Waals surface area contributed by atoms with Crippen LogP contribution >= 0.6 is 0 Å². The molecule has 26 heavy (non-hydrogen) atoms. The van der Waals surface area contributed by atoms with Crippen LogP contribution in [0, 0.1) is 10.8 Å². The van der Waals surface area contributed by atoms with Crippen molar-refractivity contribution >= 4 is 23.3 Å². The smallest absolute Gasteiger partial charge is 0.284 e. The number of carbonyl (C=O) groups excluding carboxylic acids is 1. The molecule has 0 fully saturated rings. The summed E-state index contributed by atoms with van der Waals surface area (Å²) in [5, 5.41) is 46.6. The Balaban J connectivity index is 2.65. The molecule has 0 atom stereocenters. The third-order valence-electron chi connectivity index (χ3n) is 3.83. The van der Waals surface area contributed by atoms with Crippen LogP contribution in [0.2, 0.25) is 0 Å². The molecule has 0 spiro atoms. The molecule has 7 N–H and O–H groups in total. The van der Waals surface area contributed by atoms with Gasteiger partial charge in [0.1, 0.15) is 23.1 Å². The lowest BCUT2D eigenvalue weighted by Gasteiger charge is -2.26. The minimum atomic E-state index is -1.11. The molecule has 2 aromatic carbocycles. The zero-order valence-electron chi connectivity index (χ0n) is 14.3. The highest BCUT2D eigenvalue weighted by Gasteiger charge is 2.27. The van der Waals surface area contributed by atoms with E-state index in [1.54, 1.807) is 12.1 Å². The van der Waals surface area contributed by atoms with Gasteiger partial charge in [-0.25, -0.2) is 0 Å². The molecule has 2 rings (SSSR count). The lowest BCUT2D eigenvalue weighted by molar-refractivity contribution is -0.112. The number of hydrogen-bond donors (Lipinski definition) is 6. The maximum absolute atomic E-state index is 11.6. The van der Waals surface area contributed by atoms with E-state index in [2.05, 4.69) is 0 Å². The van der Waals surface area contributed by atoms with Gasteiger partial charge in [-0.05, 0) is 29.7 Å². The summed E-state index contributed by atoms with van der Waals surface area (Å²) in [6.45, 7) is 3.65. The monoisotopic (exact) mass is 356 g/mol. The number of amides is 1. The second-order valence-electron chi connectivity index (χ2n) is 5.97. The van der Waals surface area contributed by atoms with Crippen LogP contribution in [0.4, 0.5) is 5.69 Å². The number of benzene rings is 2. The van der Waals surface area contributed by atoms with Gasteiger partial charge in [0.25, 0.3) is 5.91 Å². The van der Waals surface area contributed by atoms with Crippen molar-refractivity contribution in [3.8, 4) is 17.2 Å². The van der Waals surface area contributed by atoms with Gasteiger partial charge in [-0.3, -0.25) is 20.5 Å². The lowest BCUT2D eigenvalue weighted by atomic mass is 9.98. The number of hydrogen-bond acceptors (Lipinski definition) is 6. The summed E-state index contributed by atoms with van der Waals surface area (Å²) in [4.78, 5) is 12.4. The first-order valence-corrected chi connectivity index (χ1v) is 7.76.